The number of ether oxygens (including phenoxy) is 2. The van der Waals surface area contributed by atoms with Gasteiger partial charge >= 0.3 is 0 Å². The van der Waals surface area contributed by atoms with Crippen LogP contribution in [-0.4, -0.2) is 37.2 Å². The fourth-order valence-electron chi connectivity index (χ4n) is 3.07. The second-order valence-corrected chi connectivity index (χ2v) is 7.09. The molecule has 3 rings (SSSR count). The first-order valence-electron chi connectivity index (χ1n) is 9.05. The summed E-state index contributed by atoms with van der Waals surface area (Å²) in [6.07, 6.45) is 3.94. The maximum absolute atomic E-state index is 12.8. The van der Waals surface area contributed by atoms with Crippen LogP contribution in [0.1, 0.15) is 37.0 Å². The molecule has 1 aliphatic heterocycles. The summed E-state index contributed by atoms with van der Waals surface area (Å²) < 4.78 is 11.1. The molecule has 0 aliphatic carbocycles. The van der Waals surface area contributed by atoms with Gasteiger partial charge in [0.25, 0.3) is 5.91 Å². The second kappa shape index (κ2) is 8.48. The fraction of sp³-hybridized carbons (Fsp3) is 0.400. The SMILES string of the molecule is COc1cc(C(=O)Nc2cccnc2N2CCCC2)cc(Cl)c1OC(C)C. The molecule has 1 amide bonds. The highest BCUT2D eigenvalue weighted by molar-refractivity contribution is 6.32. The Morgan fingerprint density at radius 3 is 2.70 bits per heavy atom. The number of benzene rings is 1. The number of aromatic nitrogens is 1. The van der Waals surface area contributed by atoms with E-state index in [1.54, 1.807) is 18.3 Å². The van der Waals surface area contributed by atoms with Crippen molar-refractivity contribution in [2.45, 2.75) is 32.8 Å². The molecule has 1 aromatic heterocycles. The zero-order valence-electron chi connectivity index (χ0n) is 15.8. The molecule has 7 heteroatoms. The Hall–Kier alpha value is -2.47. The topological polar surface area (TPSA) is 63.7 Å². The predicted molar refractivity (Wildman–Crippen MR) is 107 cm³/mol. The fourth-order valence-corrected chi connectivity index (χ4v) is 3.33. The second-order valence-electron chi connectivity index (χ2n) is 6.68. The number of anilines is 2. The Morgan fingerprint density at radius 1 is 1.30 bits per heavy atom. The smallest absolute Gasteiger partial charge is 0.255 e. The van der Waals surface area contributed by atoms with Gasteiger partial charge in [-0.1, -0.05) is 11.6 Å². The molecule has 1 aliphatic rings. The van der Waals surface area contributed by atoms with Crippen molar-refractivity contribution in [2.75, 3.05) is 30.4 Å². The van der Waals surface area contributed by atoms with Crippen molar-refractivity contribution >= 4 is 29.0 Å². The Labute approximate surface area is 164 Å². The molecule has 0 atom stereocenters. The number of amides is 1. The number of rotatable bonds is 6. The summed E-state index contributed by atoms with van der Waals surface area (Å²) in [7, 11) is 1.52. The van der Waals surface area contributed by atoms with E-state index in [0.29, 0.717) is 27.8 Å². The number of nitrogens with zero attached hydrogens (tertiary/aromatic N) is 2. The van der Waals surface area contributed by atoms with Crippen LogP contribution in [0.4, 0.5) is 11.5 Å². The van der Waals surface area contributed by atoms with Crippen molar-refractivity contribution < 1.29 is 14.3 Å². The minimum atomic E-state index is -0.278. The summed E-state index contributed by atoms with van der Waals surface area (Å²) in [5.41, 5.74) is 1.08. The molecule has 0 spiro atoms. The minimum Gasteiger partial charge on any atom is -0.493 e. The number of methoxy groups -OCH3 is 1. The molecule has 144 valence electrons. The largest absolute Gasteiger partial charge is 0.493 e. The average molecular weight is 390 g/mol. The summed E-state index contributed by atoms with van der Waals surface area (Å²) in [6.45, 7) is 5.69. The first-order valence-corrected chi connectivity index (χ1v) is 9.43. The lowest BCUT2D eigenvalue weighted by atomic mass is 10.1. The minimum absolute atomic E-state index is 0.0607. The van der Waals surface area contributed by atoms with Gasteiger partial charge in [0.05, 0.1) is 23.9 Å². The van der Waals surface area contributed by atoms with Gasteiger partial charge in [-0.15, -0.1) is 0 Å². The molecule has 1 saturated heterocycles. The van der Waals surface area contributed by atoms with Crippen molar-refractivity contribution in [1.82, 2.24) is 4.98 Å². The number of halogens is 1. The normalized spacial score (nSPS) is 13.7. The van der Waals surface area contributed by atoms with Gasteiger partial charge in [-0.2, -0.15) is 0 Å². The summed E-state index contributed by atoms with van der Waals surface area (Å²) in [5, 5.41) is 3.28. The molecule has 27 heavy (non-hydrogen) atoms. The van der Waals surface area contributed by atoms with E-state index in [4.69, 9.17) is 21.1 Å². The van der Waals surface area contributed by atoms with Gasteiger partial charge in [0, 0.05) is 24.8 Å². The van der Waals surface area contributed by atoms with Gasteiger partial charge < -0.3 is 19.7 Å². The van der Waals surface area contributed by atoms with Gasteiger partial charge in [-0.25, -0.2) is 4.98 Å². The Bertz CT molecular complexity index is 820. The maximum atomic E-state index is 12.8. The van der Waals surface area contributed by atoms with Crippen LogP contribution in [-0.2, 0) is 0 Å². The van der Waals surface area contributed by atoms with Crippen LogP contribution in [0.5, 0.6) is 11.5 Å². The van der Waals surface area contributed by atoms with Crippen LogP contribution in [0.2, 0.25) is 5.02 Å². The number of nitrogens with one attached hydrogen (secondary N) is 1. The third-order valence-corrected chi connectivity index (χ3v) is 4.57. The lowest BCUT2D eigenvalue weighted by Crippen LogP contribution is -2.22. The lowest BCUT2D eigenvalue weighted by molar-refractivity contribution is 0.102. The summed E-state index contributed by atoms with van der Waals surface area (Å²) >= 11 is 6.33. The monoisotopic (exact) mass is 389 g/mol. The maximum Gasteiger partial charge on any atom is 0.255 e. The molecule has 1 fully saturated rings. The molecule has 6 nitrogen and oxygen atoms in total. The third-order valence-electron chi connectivity index (χ3n) is 4.29. The zero-order chi connectivity index (χ0) is 19.4. The van der Waals surface area contributed by atoms with Gasteiger partial charge in [0.2, 0.25) is 0 Å². The van der Waals surface area contributed by atoms with Gasteiger partial charge in [0.1, 0.15) is 0 Å². The van der Waals surface area contributed by atoms with E-state index in [1.165, 1.54) is 7.11 Å². The van der Waals surface area contributed by atoms with E-state index >= 15 is 0 Å². The number of pyridine rings is 1. The van der Waals surface area contributed by atoms with E-state index < -0.39 is 0 Å². The van der Waals surface area contributed by atoms with Crippen LogP contribution in [0.3, 0.4) is 0 Å². The number of carbonyl (C=O) groups is 1. The van der Waals surface area contributed by atoms with E-state index in [2.05, 4.69) is 15.2 Å². The Balaban J connectivity index is 1.86. The van der Waals surface area contributed by atoms with Crippen LogP contribution >= 0.6 is 11.6 Å². The van der Waals surface area contributed by atoms with Crippen LogP contribution in [0, 0.1) is 0 Å². The van der Waals surface area contributed by atoms with Crippen molar-refractivity contribution in [3.05, 3.63) is 41.0 Å². The molecular formula is C20H24ClN3O3. The first kappa shape index (κ1) is 19.3. The molecule has 0 bridgehead atoms. The molecule has 1 aromatic carbocycles. The van der Waals surface area contributed by atoms with Gasteiger partial charge in [-0.3, -0.25) is 4.79 Å². The van der Waals surface area contributed by atoms with Crippen LogP contribution in [0.15, 0.2) is 30.5 Å². The third kappa shape index (κ3) is 4.45. The van der Waals surface area contributed by atoms with E-state index in [0.717, 1.165) is 31.7 Å². The van der Waals surface area contributed by atoms with E-state index in [-0.39, 0.29) is 12.0 Å². The zero-order valence-corrected chi connectivity index (χ0v) is 16.5. The van der Waals surface area contributed by atoms with E-state index in [9.17, 15) is 4.79 Å². The number of hydrogen-bond acceptors (Lipinski definition) is 5. The van der Waals surface area contributed by atoms with E-state index in [1.807, 2.05) is 26.0 Å². The summed E-state index contributed by atoms with van der Waals surface area (Å²) in [4.78, 5) is 19.5. The highest BCUT2D eigenvalue weighted by Crippen LogP contribution is 2.37. The predicted octanol–water partition coefficient (Wildman–Crippen LogP) is 4.38. The van der Waals surface area contributed by atoms with Gasteiger partial charge in [-0.05, 0) is 51.0 Å². The van der Waals surface area contributed by atoms with Crippen LogP contribution < -0.4 is 19.7 Å². The van der Waals surface area contributed by atoms with Crippen molar-refractivity contribution in [2.24, 2.45) is 0 Å². The molecule has 1 N–H and O–H groups in total. The Morgan fingerprint density at radius 2 is 2.04 bits per heavy atom. The highest BCUT2D eigenvalue weighted by atomic mass is 35.5. The summed E-state index contributed by atoms with van der Waals surface area (Å²) in [6, 6.07) is 6.88. The lowest BCUT2D eigenvalue weighted by Gasteiger charge is -2.20. The van der Waals surface area contributed by atoms with Crippen molar-refractivity contribution in [3.8, 4) is 11.5 Å². The molecule has 2 heterocycles. The molecule has 0 saturated carbocycles. The molecule has 0 radical (unpaired) electrons. The standard InChI is InChI=1S/C20H24ClN3O3/c1-13(2)27-18-15(21)11-14(12-17(18)26-3)20(25)23-16-7-6-8-22-19(16)24-9-4-5-10-24/h6-8,11-13H,4-5,9-10H2,1-3H3,(H,23,25). The van der Waals surface area contributed by atoms with Crippen molar-refractivity contribution in [1.29, 1.82) is 0 Å². The number of hydrogen-bond donors (Lipinski definition) is 1. The molecular weight excluding hydrogens is 366 g/mol. The number of carbonyl (C=O) groups excluding carboxylic acids is 1. The first-order chi connectivity index (χ1) is 13.0. The highest BCUT2D eigenvalue weighted by Gasteiger charge is 2.20. The quantitative estimate of drug-likeness (QED) is 0.794. The van der Waals surface area contributed by atoms with Crippen LogP contribution in [0.25, 0.3) is 0 Å². The average Bonchev–Trinajstić information content (AvgIpc) is 3.17. The van der Waals surface area contributed by atoms with Gasteiger partial charge in [0.15, 0.2) is 17.3 Å². The van der Waals surface area contributed by atoms with Crippen molar-refractivity contribution in [3.63, 3.8) is 0 Å². The Kier molecular flexibility index (Phi) is 6.06. The molecule has 0 unspecified atom stereocenters. The molecule has 2 aromatic rings. The summed E-state index contributed by atoms with van der Waals surface area (Å²) in [5.74, 6) is 1.37.